The molecule has 4 heteroatoms. The third-order valence-corrected chi connectivity index (χ3v) is 2.64. The van der Waals surface area contributed by atoms with Crippen LogP contribution in [0.15, 0.2) is 12.1 Å². The number of ether oxygens (including phenoxy) is 3. The molecule has 0 unspecified atom stereocenters. The summed E-state index contributed by atoms with van der Waals surface area (Å²) < 4.78 is 15.9. The van der Waals surface area contributed by atoms with Crippen molar-refractivity contribution in [2.45, 2.75) is 26.0 Å². The molecule has 0 fully saturated rings. The molecule has 1 rings (SSSR count). The van der Waals surface area contributed by atoms with Gasteiger partial charge in [0, 0.05) is 12.6 Å². The molecule has 0 aliphatic carbocycles. The van der Waals surface area contributed by atoms with Crippen LogP contribution in [-0.2, 0) is 16.9 Å². The van der Waals surface area contributed by atoms with Gasteiger partial charge in [-0.1, -0.05) is 0 Å². The summed E-state index contributed by atoms with van der Waals surface area (Å²) in [6.45, 7) is 4.33. The molecule has 0 saturated heterocycles. The van der Waals surface area contributed by atoms with Crippen LogP contribution in [0.25, 0.3) is 0 Å². The average Bonchev–Trinajstić information content (AvgIpc) is 2.28. The first-order valence-electron chi connectivity index (χ1n) is 5.47. The summed E-state index contributed by atoms with van der Waals surface area (Å²) in [5.41, 5.74) is 7.51. The molecule has 0 aliphatic rings. The van der Waals surface area contributed by atoms with E-state index in [1.165, 1.54) is 0 Å². The molecule has 0 heterocycles. The van der Waals surface area contributed by atoms with E-state index >= 15 is 0 Å². The molecule has 17 heavy (non-hydrogen) atoms. The van der Waals surface area contributed by atoms with Gasteiger partial charge in [-0.05, 0) is 31.5 Å². The second-order valence-corrected chi connectivity index (χ2v) is 4.51. The topological polar surface area (TPSA) is 53.7 Å². The summed E-state index contributed by atoms with van der Waals surface area (Å²) in [4.78, 5) is 0. The van der Waals surface area contributed by atoms with E-state index in [1.54, 1.807) is 21.3 Å². The van der Waals surface area contributed by atoms with E-state index in [1.807, 2.05) is 26.0 Å². The number of methoxy groups -OCH3 is 3. The maximum Gasteiger partial charge on any atom is 0.128 e. The first-order chi connectivity index (χ1) is 7.93. The molecule has 0 amide bonds. The van der Waals surface area contributed by atoms with Crippen LogP contribution in [0.1, 0.15) is 25.0 Å². The minimum absolute atomic E-state index is 0.438. The number of hydrogen-bond acceptors (Lipinski definition) is 4. The average molecular weight is 239 g/mol. The summed E-state index contributed by atoms with van der Waals surface area (Å²) in [7, 11) is 4.89. The Hall–Kier alpha value is -1.26. The molecule has 1 aromatic rings. The Bertz CT molecular complexity index is 358. The van der Waals surface area contributed by atoms with Crippen molar-refractivity contribution in [1.29, 1.82) is 0 Å². The van der Waals surface area contributed by atoms with Crippen molar-refractivity contribution in [1.82, 2.24) is 0 Å². The Morgan fingerprint density at radius 3 is 1.82 bits per heavy atom. The van der Waals surface area contributed by atoms with Crippen LogP contribution in [0.5, 0.6) is 11.5 Å². The van der Waals surface area contributed by atoms with Gasteiger partial charge in [0.15, 0.2) is 0 Å². The number of hydrogen-bond donors (Lipinski definition) is 1. The molecule has 1 aromatic carbocycles. The van der Waals surface area contributed by atoms with Gasteiger partial charge in [0.2, 0.25) is 0 Å². The molecule has 0 radical (unpaired) electrons. The number of rotatable bonds is 5. The standard InChI is InChI=1S/C13H21NO3/c1-13(2,14)9-6-11(16-4)10(8-15-3)12(7-9)17-5/h6-7H,8,14H2,1-5H3. The van der Waals surface area contributed by atoms with Gasteiger partial charge in [-0.25, -0.2) is 0 Å². The van der Waals surface area contributed by atoms with E-state index in [0.717, 1.165) is 22.6 Å². The lowest BCUT2D eigenvalue weighted by Gasteiger charge is -2.22. The molecule has 0 atom stereocenters. The minimum Gasteiger partial charge on any atom is -0.496 e. The van der Waals surface area contributed by atoms with Crippen molar-refractivity contribution in [3.05, 3.63) is 23.3 Å². The molecule has 96 valence electrons. The molecule has 0 bridgehead atoms. The summed E-state index contributed by atoms with van der Waals surface area (Å²) in [6, 6.07) is 3.85. The molecule has 4 nitrogen and oxygen atoms in total. The Balaban J connectivity index is 3.33. The quantitative estimate of drug-likeness (QED) is 0.854. The maximum absolute atomic E-state index is 6.09. The van der Waals surface area contributed by atoms with Crippen molar-refractivity contribution in [2.24, 2.45) is 5.73 Å². The fourth-order valence-corrected chi connectivity index (χ4v) is 1.64. The molecule has 0 saturated carbocycles. The van der Waals surface area contributed by atoms with E-state index in [4.69, 9.17) is 19.9 Å². The summed E-state index contributed by atoms with van der Waals surface area (Å²) in [5, 5.41) is 0. The van der Waals surface area contributed by atoms with Crippen molar-refractivity contribution in [3.63, 3.8) is 0 Å². The summed E-state index contributed by atoms with van der Waals surface area (Å²) in [6.07, 6.45) is 0. The lowest BCUT2D eigenvalue weighted by Crippen LogP contribution is -2.28. The Labute approximate surface area is 103 Å². The van der Waals surface area contributed by atoms with Gasteiger partial charge in [0.05, 0.1) is 26.4 Å². The zero-order chi connectivity index (χ0) is 13.1. The van der Waals surface area contributed by atoms with Gasteiger partial charge < -0.3 is 19.9 Å². The van der Waals surface area contributed by atoms with Gasteiger partial charge >= 0.3 is 0 Å². The molecular weight excluding hydrogens is 218 g/mol. The third kappa shape index (κ3) is 3.11. The SMILES string of the molecule is COCc1c(OC)cc(C(C)(C)N)cc1OC. The van der Waals surface area contributed by atoms with Crippen LogP contribution in [0.2, 0.25) is 0 Å². The number of nitrogens with two attached hydrogens (primary N) is 1. The molecule has 2 N–H and O–H groups in total. The monoisotopic (exact) mass is 239 g/mol. The smallest absolute Gasteiger partial charge is 0.128 e. The minimum atomic E-state index is -0.438. The first-order valence-corrected chi connectivity index (χ1v) is 5.47. The van der Waals surface area contributed by atoms with Gasteiger partial charge in [-0.2, -0.15) is 0 Å². The molecule has 0 aliphatic heterocycles. The van der Waals surface area contributed by atoms with Crippen LogP contribution < -0.4 is 15.2 Å². The van der Waals surface area contributed by atoms with E-state index in [2.05, 4.69) is 0 Å². The Morgan fingerprint density at radius 2 is 1.53 bits per heavy atom. The molecule has 0 aromatic heterocycles. The third-order valence-electron chi connectivity index (χ3n) is 2.64. The van der Waals surface area contributed by atoms with Gasteiger partial charge in [0.25, 0.3) is 0 Å². The van der Waals surface area contributed by atoms with Gasteiger partial charge in [0.1, 0.15) is 11.5 Å². The van der Waals surface area contributed by atoms with Crippen LogP contribution in [-0.4, -0.2) is 21.3 Å². The number of benzene rings is 1. The van der Waals surface area contributed by atoms with Crippen molar-refractivity contribution in [2.75, 3.05) is 21.3 Å². The summed E-state index contributed by atoms with van der Waals surface area (Å²) >= 11 is 0. The van der Waals surface area contributed by atoms with E-state index < -0.39 is 5.54 Å². The molecular formula is C13H21NO3. The van der Waals surface area contributed by atoms with Gasteiger partial charge in [-0.15, -0.1) is 0 Å². The highest BCUT2D eigenvalue weighted by atomic mass is 16.5. The predicted molar refractivity (Wildman–Crippen MR) is 67.5 cm³/mol. The van der Waals surface area contributed by atoms with E-state index in [9.17, 15) is 0 Å². The van der Waals surface area contributed by atoms with Crippen LogP contribution >= 0.6 is 0 Å². The lowest BCUT2D eigenvalue weighted by molar-refractivity contribution is 0.178. The van der Waals surface area contributed by atoms with Crippen molar-refractivity contribution >= 4 is 0 Å². The Morgan fingerprint density at radius 1 is 1.06 bits per heavy atom. The highest BCUT2D eigenvalue weighted by Crippen LogP contribution is 2.34. The fraction of sp³-hybridized carbons (Fsp3) is 0.538. The van der Waals surface area contributed by atoms with Crippen LogP contribution in [0.4, 0.5) is 0 Å². The van der Waals surface area contributed by atoms with E-state index in [-0.39, 0.29) is 0 Å². The van der Waals surface area contributed by atoms with Crippen molar-refractivity contribution in [3.8, 4) is 11.5 Å². The fourth-order valence-electron chi connectivity index (χ4n) is 1.64. The predicted octanol–water partition coefficient (Wildman–Crippen LogP) is 2.04. The summed E-state index contributed by atoms with van der Waals surface area (Å²) in [5.74, 6) is 1.47. The largest absolute Gasteiger partial charge is 0.496 e. The van der Waals surface area contributed by atoms with Crippen LogP contribution in [0, 0.1) is 0 Å². The zero-order valence-corrected chi connectivity index (χ0v) is 11.2. The zero-order valence-electron chi connectivity index (χ0n) is 11.2. The Kier molecular flexibility index (Phi) is 4.37. The highest BCUT2D eigenvalue weighted by molar-refractivity contribution is 5.49. The normalized spacial score (nSPS) is 11.4. The first kappa shape index (κ1) is 13.8. The van der Waals surface area contributed by atoms with Crippen molar-refractivity contribution < 1.29 is 14.2 Å². The lowest BCUT2D eigenvalue weighted by atomic mass is 9.93. The van der Waals surface area contributed by atoms with Gasteiger partial charge in [-0.3, -0.25) is 0 Å². The van der Waals surface area contributed by atoms with E-state index in [0.29, 0.717) is 6.61 Å². The maximum atomic E-state index is 6.09. The second kappa shape index (κ2) is 5.38. The highest BCUT2D eigenvalue weighted by Gasteiger charge is 2.20. The molecule has 0 spiro atoms. The second-order valence-electron chi connectivity index (χ2n) is 4.51. The van der Waals surface area contributed by atoms with Crippen LogP contribution in [0.3, 0.4) is 0 Å².